The Balaban J connectivity index is 1.88. The fraction of sp³-hybridized carbons (Fsp3) is 0.400. The minimum absolute atomic E-state index is 0.254. The van der Waals surface area contributed by atoms with Gasteiger partial charge in [0.1, 0.15) is 5.82 Å². The lowest BCUT2D eigenvalue weighted by atomic mass is 10.1. The Morgan fingerprint density at radius 2 is 2.20 bits per heavy atom. The van der Waals surface area contributed by atoms with Crippen molar-refractivity contribution < 1.29 is 19.0 Å². The van der Waals surface area contributed by atoms with E-state index in [0.717, 1.165) is 12.1 Å². The second kappa shape index (κ2) is 7.17. The van der Waals surface area contributed by atoms with E-state index in [4.69, 9.17) is 9.84 Å². The first-order chi connectivity index (χ1) is 9.65. The van der Waals surface area contributed by atoms with Crippen molar-refractivity contribution in [2.24, 2.45) is 5.92 Å². The molecule has 2 rings (SSSR count). The summed E-state index contributed by atoms with van der Waals surface area (Å²) in [5.74, 6) is -1.55. The highest BCUT2D eigenvalue weighted by molar-refractivity contribution is 5.70. The number of ether oxygens (including phenoxy) is 1. The van der Waals surface area contributed by atoms with Gasteiger partial charge in [-0.25, -0.2) is 4.39 Å². The number of hydrogen-bond donors (Lipinski definition) is 1. The third kappa shape index (κ3) is 4.43. The van der Waals surface area contributed by atoms with Crippen LogP contribution < -0.4 is 0 Å². The number of aliphatic carboxylic acids is 1. The number of carbonyl (C=O) groups is 1. The van der Waals surface area contributed by atoms with E-state index in [1.807, 2.05) is 17.1 Å². The molecule has 1 fully saturated rings. The first-order valence-electron chi connectivity index (χ1n) is 6.60. The van der Waals surface area contributed by atoms with Gasteiger partial charge in [-0.3, -0.25) is 9.69 Å². The molecule has 0 amide bonds. The summed E-state index contributed by atoms with van der Waals surface area (Å²) in [5, 5.41) is 9.05. The van der Waals surface area contributed by atoms with E-state index in [-0.39, 0.29) is 12.4 Å². The van der Waals surface area contributed by atoms with E-state index in [2.05, 4.69) is 0 Å². The van der Waals surface area contributed by atoms with Crippen LogP contribution in [-0.2, 0) is 9.53 Å². The van der Waals surface area contributed by atoms with Crippen LogP contribution in [0.1, 0.15) is 5.56 Å². The van der Waals surface area contributed by atoms with E-state index < -0.39 is 11.9 Å². The molecule has 1 unspecified atom stereocenters. The number of benzene rings is 1. The van der Waals surface area contributed by atoms with Crippen molar-refractivity contribution in [3.05, 3.63) is 41.7 Å². The molecule has 1 N–H and O–H groups in total. The minimum atomic E-state index is -0.820. The Bertz CT molecular complexity index is 473. The standard InChI is InChI=1S/C15H18FNO3/c16-14-5-3-12(4-6-14)2-1-7-17-8-9-20-11-13(10-17)15(18)19/h1-6,13H,7-11H2,(H,18,19)/b2-1+. The highest BCUT2D eigenvalue weighted by Gasteiger charge is 2.23. The van der Waals surface area contributed by atoms with Gasteiger partial charge in [-0.1, -0.05) is 24.3 Å². The molecule has 1 aliphatic rings. The molecule has 1 heterocycles. The molecule has 0 aromatic heterocycles. The fourth-order valence-electron chi connectivity index (χ4n) is 2.10. The molecule has 5 heteroatoms. The van der Waals surface area contributed by atoms with Gasteiger partial charge in [0.05, 0.1) is 19.1 Å². The van der Waals surface area contributed by atoms with Gasteiger partial charge in [0.25, 0.3) is 0 Å². The Morgan fingerprint density at radius 1 is 1.45 bits per heavy atom. The van der Waals surface area contributed by atoms with Crippen LogP contribution in [0.3, 0.4) is 0 Å². The van der Waals surface area contributed by atoms with Gasteiger partial charge in [0.15, 0.2) is 0 Å². The number of halogens is 1. The third-order valence-electron chi connectivity index (χ3n) is 3.24. The monoisotopic (exact) mass is 279 g/mol. The Kier molecular flexibility index (Phi) is 5.26. The summed E-state index contributed by atoms with van der Waals surface area (Å²) in [4.78, 5) is 13.1. The molecular formula is C15H18FNO3. The quantitative estimate of drug-likeness (QED) is 0.914. The fourth-order valence-corrected chi connectivity index (χ4v) is 2.10. The van der Waals surface area contributed by atoms with Crippen molar-refractivity contribution in [3.8, 4) is 0 Å². The predicted molar refractivity (Wildman–Crippen MR) is 73.8 cm³/mol. The molecule has 1 aliphatic heterocycles. The summed E-state index contributed by atoms with van der Waals surface area (Å²) in [7, 11) is 0. The predicted octanol–water partition coefficient (Wildman–Crippen LogP) is 1.87. The van der Waals surface area contributed by atoms with E-state index in [9.17, 15) is 9.18 Å². The molecule has 0 saturated carbocycles. The largest absolute Gasteiger partial charge is 0.481 e. The van der Waals surface area contributed by atoms with E-state index >= 15 is 0 Å². The maximum absolute atomic E-state index is 12.8. The first kappa shape index (κ1) is 14.7. The van der Waals surface area contributed by atoms with Crippen LogP contribution in [-0.4, -0.2) is 48.8 Å². The SMILES string of the molecule is O=C(O)C1COCCN(C/C=C/c2ccc(F)cc2)C1. The van der Waals surface area contributed by atoms with Gasteiger partial charge in [0, 0.05) is 19.6 Å². The Labute approximate surface area is 117 Å². The van der Waals surface area contributed by atoms with E-state index in [1.54, 1.807) is 12.1 Å². The molecule has 1 aromatic rings. The first-order valence-corrected chi connectivity index (χ1v) is 6.60. The van der Waals surface area contributed by atoms with Gasteiger partial charge < -0.3 is 9.84 Å². The lowest BCUT2D eigenvalue weighted by Gasteiger charge is -2.19. The second-order valence-electron chi connectivity index (χ2n) is 4.82. The van der Waals surface area contributed by atoms with Gasteiger partial charge >= 0.3 is 5.97 Å². The number of hydrogen-bond acceptors (Lipinski definition) is 3. The van der Waals surface area contributed by atoms with Crippen molar-refractivity contribution >= 4 is 12.0 Å². The zero-order valence-electron chi connectivity index (χ0n) is 11.2. The van der Waals surface area contributed by atoms with Gasteiger partial charge in [-0.2, -0.15) is 0 Å². The Morgan fingerprint density at radius 3 is 2.90 bits per heavy atom. The van der Waals surface area contributed by atoms with E-state index in [0.29, 0.717) is 19.7 Å². The highest BCUT2D eigenvalue weighted by Crippen LogP contribution is 2.09. The maximum atomic E-state index is 12.8. The van der Waals surface area contributed by atoms with Crippen molar-refractivity contribution in [2.45, 2.75) is 0 Å². The average Bonchev–Trinajstić information content (AvgIpc) is 2.67. The summed E-state index contributed by atoms with van der Waals surface area (Å²) in [6, 6.07) is 6.24. The molecule has 0 aliphatic carbocycles. The molecule has 1 atom stereocenters. The molecule has 0 bridgehead atoms. The topological polar surface area (TPSA) is 49.8 Å². The number of nitrogens with zero attached hydrogens (tertiary/aromatic N) is 1. The van der Waals surface area contributed by atoms with Gasteiger partial charge in [-0.15, -0.1) is 0 Å². The smallest absolute Gasteiger partial charge is 0.310 e. The van der Waals surface area contributed by atoms with Crippen LogP contribution in [0.15, 0.2) is 30.3 Å². The summed E-state index contributed by atoms with van der Waals surface area (Å²) < 4.78 is 18.0. The van der Waals surface area contributed by atoms with Crippen molar-refractivity contribution in [2.75, 3.05) is 32.8 Å². The minimum Gasteiger partial charge on any atom is -0.481 e. The molecule has 108 valence electrons. The average molecular weight is 279 g/mol. The number of carboxylic acid groups (broad SMARTS) is 1. The molecule has 0 spiro atoms. The molecule has 4 nitrogen and oxygen atoms in total. The van der Waals surface area contributed by atoms with Crippen LogP contribution in [0.4, 0.5) is 4.39 Å². The van der Waals surface area contributed by atoms with Crippen molar-refractivity contribution in [1.82, 2.24) is 4.90 Å². The summed E-state index contributed by atoms with van der Waals surface area (Å²) in [5.41, 5.74) is 0.923. The van der Waals surface area contributed by atoms with Crippen LogP contribution in [0.5, 0.6) is 0 Å². The molecule has 1 saturated heterocycles. The molecule has 1 aromatic carbocycles. The van der Waals surface area contributed by atoms with Crippen molar-refractivity contribution in [3.63, 3.8) is 0 Å². The normalized spacial score (nSPS) is 20.9. The van der Waals surface area contributed by atoms with Crippen LogP contribution in [0, 0.1) is 11.7 Å². The molecule has 20 heavy (non-hydrogen) atoms. The van der Waals surface area contributed by atoms with Crippen LogP contribution in [0.2, 0.25) is 0 Å². The lowest BCUT2D eigenvalue weighted by molar-refractivity contribution is -0.143. The van der Waals surface area contributed by atoms with Crippen LogP contribution in [0.25, 0.3) is 6.08 Å². The lowest BCUT2D eigenvalue weighted by Crippen LogP contribution is -2.33. The maximum Gasteiger partial charge on any atom is 0.310 e. The summed E-state index contributed by atoms with van der Waals surface area (Å²) in [6.07, 6.45) is 3.86. The number of carboxylic acids is 1. The zero-order chi connectivity index (χ0) is 14.4. The third-order valence-corrected chi connectivity index (χ3v) is 3.24. The van der Waals surface area contributed by atoms with Gasteiger partial charge in [0.2, 0.25) is 0 Å². The van der Waals surface area contributed by atoms with Crippen LogP contribution >= 0.6 is 0 Å². The number of rotatable bonds is 4. The van der Waals surface area contributed by atoms with E-state index in [1.165, 1.54) is 12.1 Å². The summed E-state index contributed by atoms with van der Waals surface area (Å²) >= 11 is 0. The van der Waals surface area contributed by atoms with Crippen molar-refractivity contribution in [1.29, 1.82) is 0 Å². The molecular weight excluding hydrogens is 261 g/mol. The zero-order valence-corrected chi connectivity index (χ0v) is 11.2. The molecule has 0 radical (unpaired) electrons. The van der Waals surface area contributed by atoms with Gasteiger partial charge in [-0.05, 0) is 17.7 Å². The second-order valence-corrected chi connectivity index (χ2v) is 4.82. The Hall–Kier alpha value is -1.72. The summed E-state index contributed by atoms with van der Waals surface area (Å²) in [6.45, 7) is 2.69. The highest BCUT2D eigenvalue weighted by atomic mass is 19.1.